The third-order valence-electron chi connectivity index (χ3n) is 7.36. The fraction of sp³-hybridized carbons (Fsp3) is 0.303. The summed E-state index contributed by atoms with van der Waals surface area (Å²) in [4.78, 5) is 40.6. The van der Waals surface area contributed by atoms with E-state index in [0.29, 0.717) is 67.1 Å². The van der Waals surface area contributed by atoms with Crippen LogP contribution in [-0.4, -0.2) is 63.9 Å². The summed E-state index contributed by atoms with van der Waals surface area (Å²) in [5.74, 6) is 2.32. The molecule has 4 heterocycles. The largest absolute Gasteiger partial charge is 0.494 e. The van der Waals surface area contributed by atoms with E-state index in [0.717, 1.165) is 16.7 Å². The zero-order valence-electron chi connectivity index (χ0n) is 25.1. The number of fused-ring (bicyclic) bond motifs is 7. The molecule has 1 atom stereocenters. The fourth-order valence-electron chi connectivity index (χ4n) is 5.38. The van der Waals surface area contributed by atoms with Crippen LogP contribution in [0.5, 0.6) is 17.2 Å². The number of hydrogen-bond acceptors (Lipinski definition) is 9. The molecule has 2 amide bonds. The van der Waals surface area contributed by atoms with Gasteiger partial charge in [0, 0.05) is 13.1 Å². The minimum absolute atomic E-state index is 0.00319. The molecule has 3 aromatic carbocycles. The standard InChI is InChI=1S/C32H31FN4O5S.CH2O2/c1-20-35-30(42-36-20)18-43-19-31(39)37-12-10-22-16-25-7-8-26(22)32(37)23-4-2-5-24(17-23)40-13-3-11-34-29(38)15-21-6-9-27(33)28(14-21)41-25;2-1-3/h2,4-9,14,16-17,32H,3,10-13,15,18-19H2,1H3,(H,34,38);1H,(H,2,3). The highest BCUT2D eigenvalue weighted by Crippen LogP contribution is 2.39. The number of thioether (sulfide) groups is 1. The van der Waals surface area contributed by atoms with Gasteiger partial charge in [-0.05, 0) is 78.4 Å². The van der Waals surface area contributed by atoms with Gasteiger partial charge in [-0.3, -0.25) is 14.4 Å². The number of aryl methyl sites for hydroxylation is 1. The number of amides is 2. The van der Waals surface area contributed by atoms with E-state index < -0.39 is 5.82 Å². The van der Waals surface area contributed by atoms with E-state index in [2.05, 4.69) is 15.5 Å². The molecule has 11 nitrogen and oxygen atoms in total. The van der Waals surface area contributed by atoms with Crippen LogP contribution >= 0.6 is 11.8 Å². The highest BCUT2D eigenvalue weighted by Gasteiger charge is 2.32. The lowest BCUT2D eigenvalue weighted by Gasteiger charge is -2.38. The molecule has 240 valence electrons. The van der Waals surface area contributed by atoms with Crippen LogP contribution in [0.2, 0.25) is 0 Å². The summed E-state index contributed by atoms with van der Waals surface area (Å²) in [6.45, 7) is 2.87. The first kappa shape index (κ1) is 32.5. The molecule has 0 fully saturated rings. The molecule has 0 spiro atoms. The summed E-state index contributed by atoms with van der Waals surface area (Å²) in [5, 5.41) is 13.6. The number of carboxylic acid groups (broad SMARTS) is 1. The second kappa shape index (κ2) is 15.4. The van der Waals surface area contributed by atoms with Crippen LogP contribution in [0.1, 0.15) is 46.4 Å². The monoisotopic (exact) mass is 648 g/mol. The minimum atomic E-state index is -0.510. The Morgan fingerprint density at radius 1 is 1.17 bits per heavy atom. The summed E-state index contributed by atoms with van der Waals surface area (Å²) < 4.78 is 31.9. The minimum Gasteiger partial charge on any atom is -0.494 e. The normalized spacial score (nSPS) is 15.9. The van der Waals surface area contributed by atoms with E-state index in [9.17, 15) is 14.0 Å². The van der Waals surface area contributed by atoms with Gasteiger partial charge in [0.25, 0.3) is 6.47 Å². The van der Waals surface area contributed by atoms with Gasteiger partial charge < -0.3 is 29.3 Å². The van der Waals surface area contributed by atoms with Crippen LogP contribution < -0.4 is 14.8 Å². The molecule has 0 saturated carbocycles. The van der Waals surface area contributed by atoms with Gasteiger partial charge in [-0.1, -0.05) is 29.4 Å². The van der Waals surface area contributed by atoms with Crippen molar-refractivity contribution < 1.29 is 37.9 Å². The predicted molar refractivity (Wildman–Crippen MR) is 167 cm³/mol. The maximum Gasteiger partial charge on any atom is 0.290 e. The Kier molecular flexibility index (Phi) is 10.9. The van der Waals surface area contributed by atoms with Crippen molar-refractivity contribution in [3.63, 3.8) is 0 Å². The first-order chi connectivity index (χ1) is 22.3. The number of carbonyl (C=O) groups excluding carboxylic acids is 2. The summed E-state index contributed by atoms with van der Waals surface area (Å²) in [6, 6.07) is 17.5. The van der Waals surface area contributed by atoms with Gasteiger partial charge in [0.2, 0.25) is 17.7 Å². The van der Waals surface area contributed by atoms with Crippen molar-refractivity contribution in [3.8, 4) is 17.2 Å². The SMILES string of the molecule is Cc1noc(CSCC(=O)N2CCc3cc4ccc3C2c2cccc(c2)OCCCNC(=O)Cc2ccc(F)c(c2)O4)n1.O=CO. The second-order valence-electron chi connectivity index (χ2n) is 10.6. The van der Waals surface area contributed by atoms with Crippen LogP contribution in [-0.2, 0) is 33.0 Å². The second-order valence-corrected chi connectivity index (χ2v) is 11.6. The van der Waals surface area contributed by atoms with Crippen LogP contribution in [0.15, 0.2) is 65.2 Å². The molecule has 0 aliphatic carbocycles. The molecule has 1 unspecified atom stereocenters. The molecule has 4 aromatic rings. The lowest BCUT2D eigenvalue weighted by molar-refractivity contribution is -0.130. The highest BCUT2D eigenvalue weighted by molar-refractivity contribution is 7.99. The maximum absolute atomic E-state index is 14.7. The van der Waals surface area contributed by atoms with Crippen LogP contribution in [0.25, 0.3) is 0 Å². The zero-order valence-corrected chi connectivity index (χ0v) is 25.9. The number of hydrogen-bond donors (Lipinski definition) is 2. The zero-order chi connectivity index (χ0) is 32.5. The van der Waals surface area contributed by atoms with Gasteiger partial charge in [-0.2, -0.15) is 4.98 Å². The molecule has 3 aliphatic heterocycles. The van der Waals surface area contributed by atoms with Crippen molar-refractivity contribution in [1.82, 2.24) is 20.4 Å². The van der Waals surface area contributed by atoms with Crippen LogP contribution in [0.4, 0.5) is 4.39 Å². The fourth-order valence-corrected chi connectivity index (χ4v) is 6.11. The predicted octanol–water partition coefficient (Wildman–Crippen LogP) is 4.86. The summed E-state index contributed by atoms with van der Waals surface area (Å²) >= 11 is 1.43. The Bertz CT molecular complexity index is 1700. The van der Waals surface area contributed by atoms with E-state index in [-0.39, 0.29) is 42.3 Å². The molecule has 2 N–H and O–H groups in total. The van der Waals surface area contributed by atoms with E-state index in [1.165, 1.54) is 17.8 Å². The van der Waals surface area contributed by atoms with Gasteiger partial charge >= 0.3 is 0 Å². The van der Waals surface area contributed by atoms with Crippen molar-refractivity contribution >= 4 is 30.0 Å². The first-order valence-corrected chi connectivity index (χ1v) is 15.8. The van der Waals surface area contributed by atoms with Crippen LogP contribution in [0.3, 0.4) is 0 Å². The number of halogens is 1. The van der Waals surface area contributed by atoms with Crippen LogP contribution in [0, 0.1) is 12.7 Å². The molecule has 1 aromatic heterocycles. The Morgan fingerprint density at radius 3 is 2.83 bits per heavy atom. The van der Waals surface area contributed by atoms with Crippen molar-refractivity contribution in [2.45, 2.75) is 38.0 Å². The lowest BCUT2D eigenvalue weighted by atomic mass is 9.88. The number of rotatable bonds is 4. The third kappa shape index (κ3) is 8.21. The number of aromatic nitrogens is 2. The first-order valence-electron chi connectivity index (χ1n) is 14.7. The van der Waals surface area contributed by atoms with Crippen molar-refractivity contribution in [3.05, 3.63) is 100 Å². The molecule has 7 rings (SSSR count). The summed E-state index contributed by atoms with van der Waals surface area (Å²) in [5.41, 5.74) is 3.56. The van der Waals surface area contributed by atoms with Gasteiger partial charge in [0.1, 0.15) is 11.5 Å². The molecule has 3 aliphatic rings. The van der Waals surface area contributed by atoms with E-state index in [4.69, 9.17) is 23.9 Å². The Hall–Kier alpha value is -4.91. The molecule has 8 bridgehead atoms. The lowest BCUT2D eigenvalue weighted by Crippen LogP contribution is -2.41. The Labute approximate surface area is 269 Å². The number of nitrogens with zero attached hydrogens (tertiary/aromatic N) is 3. The average molecular weight is 649 g/mol. The summed E-state index contributed by atoms with van der Waals surface area (Å²) in [7, 11) is 0. The Balaban J connectivity index is 0.00000134. The quantitative estimate of drug-likeness (QED) is 0.295. The number of carbonyl (C=O) groups is 3. The summed E-state index contributed by atoms with van der Waals surface area (Å²) in [6.07, 6.45) is 1.34. The van der Waals surface area contributed by atoms with Gasteiger partial charge in [0.05, 0.1) is 30.6 Å². The van der Waals surface area contributed by atoms with Crippen molar-refractivity contribution in [2.75, 3.05) is 25.4 Å². The van der Waals surface area contributed by atoms with Crippen molar-refractivity contribution in [2.24, 2.45) is 0 Å². The van der Waals surface area contributed by atoms with Crippen molar-refractivity contribution in [1.29, 1.82) is 0 Å². The molecule has 0 radical (unpaired) electrons. The van der Waals surface area contributed by atoms with Gasteiger partial charge in [-0.25, -0.2) is 4.39 Å². The van der Waals surface area contributed by atoms with E-state index >= 15 is 0 Å². The molecule has 46 heavy (non-hydrogen) atoms. The number of benzene rings is 3. The molecule has 13 heteroatoms. The maximum atomic E-state index is 14.7. The van der Waals surface area contributed by atoms with E-state index in [1.54, 1.807) is 25.1 Å². The number of nitrogens with one attached hydrogen (secondary N) is 1. The van der Waals surface area contributed by atoms with Gasteiger partial charge in [0.15, 0.2) is 17.4 Å². The molecule has 0 saturated heterocycles. The smallest absolute Gasteiger partial charge is 0.290 e. The average Bonchev–Trinajstić information content (AvgIpc) is 3.46. The molecular formula is C33H33FN4O7S. The van der Waals surface area contributed by atoms with Gasteiger partial charge in [-0.15, -0.1) is 11.8 Å². The third-order valence-corrected chi connectivity index (χ3v) is 8.26. The molecular weight excluding hydrogens is 615 g/mol. The topological polar surface area (TPSA) is 144 Å². The van der Waals surface area contributed by atoms with E-state index in [1.807, 2.05) is 41.3 Å². The number of ether oxygens (including phenoxy) is 2. The highest BCUT2D eigenvalue weighted by atomic mass is 32.2. The Morgan fingerprint density at radius 2 is 2.02 bits per heavy atom.